The molecule has 0 bridgehead atoms. The topological polar surface area (TPSA) is 41.6 Å². The zero-order valence-corrected chi connectivity index (χ0v) is 11.6. The van der Waals surface area contributed by atoms with Crippen LogP contribution >= 0.6 is 0 Å². The summed E-state index contributed by atoms with van der Waals surface area (Å²) in [4.78, 5) is 6.31. The predicted molar refractivity (Wildman–Crippen MR) is 76.6 cm³/mol. The van der Waals surface area contributed by atoms with Crippen LogP contribution in [-0.2, 0) is 6.42 Å². The molecular formula is C15H21F2N3. The maximum absolute atomic E-state index is 13.5. The van der Waals surface area contributed by atoms with Gasteiger partial charge in [0.2, 0.25) is 0 Å². The quantitative estimate of drug-likeness (QED) is 0.683. The second-order valence-electron chi connectivity index (χ2n) is 5.09. The second-order valence-corrected chi connectivity index (χ2v) is 5.09. The number of benzene rings is 1. The van der Waals surface area contributed by atoms with E-state index in [-0.39, 0.29) is 12.0 Å². The third-order valence-corrected chi connectivity index (χ3v) is 3.63. The highest BCUT2D eigenvalue weighted by atomic mass is 19.1. The number of hydrogen-bond donors (Lipinski definition) is 1. The van der Waals surface area contributed by atoms with Crippen LogP contribution in [0.2, 0.25) is 0 Å². The highest BCUT2D eigenvalue weighted by Gasteiger charge is 2.11. The fraction of sp³-hybridized carbons (Fsp3) is 0.533. The van der Waals surface area contributed by atoms with Crippen LogP contribution in [0.3, 0.4) is 0 Å². The molecule has 1 fully saturated rings. The third-order valence-electron chi connectivity index (χ3n) is 3.63. The average molecular weight is 281 g/mol. The van der Waals surface area contributed by atoms with Crippen LogP contribution in [0.5, 0.6) is 0 Å². The van der Waals surface area contributed by atoms with E-state index in [9.17, 15) is 8.78 Å². The molecule has 2 N–H and O–H groups in total. The Morgan fingerprint density at radius 1 is 1.10 bits per heavy atom. The standard InChI is InChI=1S/C15H21F2N3/c16-13-6-5-7-14(17)12(13)8-9-19-15(18)20-10-3-1-2-4-11-20/h5-7H,1-4,8-11H2,(H2,18,19). The van der Waals surface area contributed by atoms with Crippen LogP contribution in [0, 0.1) is 11.6 Å². The van der Waals surface area contributed by atoms with Crippen molar-refractivity contribution in [2.24, 2.45) is 10.7 Å². The molecule has 0 aromatic heterocycles. The van der Waals surface area contributed by atoms with Crippen LogP contribution in [0.1, 0.15) is 31.2 Å². The van der Waals surface area contributed by atoms with Gasteiger partial charge in [-0.05, 0) is 31.4 Å². The van der Waals surface area contributed by atoms with Crippen LogP contribution in [-0.4, -0.2) is 30.5 Å². The first kappa shape index (κ1) is 14.8. The lowest BCUT2D eigenvalue weighted by molar-refractivity contribution is 0.428. The maximum atomic E-state index is 13.5. The van der Waals surface area contributed by atoms with Gasteiger partial charge < -0.3 is 10.6 Å². The van der Waals surface area contributed by atoms with Crippen molar-refractivity contribution in [2.75, 3.05) is 19.6 Å². The molecule has 0 atom stereocenters. The fourth-order valence-corrected chi connectivity index (χ4v) is 2.45. The Hall–Kier alpha value is -1.65. The molecule has 0 aliphatic carbocycles. The highest BCUT2D eigenvalue weighted by molar-refractivity contribution is 5.78. The lowest BCUT2D eigenvalue weighted by atomic mass is 10.1. The summed E-state index contributed by atoms with van der Waals surface area (Å²) >= 11 is 0. The molecule has 1 aromatic carbocycles. The van der Waals surface area contributed by atoms with E-state index in [0.29, 0.717) is 12.5 Å². The molecule has 0 spiro atoms. The van der Waals surface area contributed by atoms with Gasteiger partial charge in [-0.1, -0.05) is 18.9 Å². The smallest absolute Gasteiger partial charge is 0.191 e. The van der Waals surface area contributed by atoms with Crippen molar-refractivity contribution in [1.82, 2.24) is 4.90 Å². The van der Waals surface area contributed by atoms with Crippen molar-refractivity contribution >= 4 is 5.96 Å². The number of halogens is 2. The molecule has 1 heterocycles. The second kappa shape index (κ2) is 7.22. The molecule has 0 amide bonds. The molecule has 0 unspecified atom stereocenters. The van der Waals surface area contributed by atoms with E-state index < -0.39 is 11.6 Å². The van der Waals surface area contributed by atoms with E-state index in [0.717, 1.165) is 25.9 Å². The molecule has 5 heteroatoms. The third kappa shape index (κ3) is 3.92. The van der Waals surface area contributed by atoms with E-state index in [1.54, 1.807) is 0 Å². The summed E-state index contributed by atoms with van der Waals surface area (Å²) in [7, 11) is 0. The first-order valence-corrected chi connectivity index (χ1v) is 7.16. The number of likely N-dealkylation sites (tertiary alicyclic amines) is 1. The van der Waals surface area contributed by atoms with E-state index >= 15 is 0 Å². The summed E-state index contributed by atoms with van der Waals surface area (Å²) in [5.41, 5.74) is 6.03. The summed E-state index contributed by atoms with van der Waals surface area (Å²) in [6.07, 6.45) is 4.93. The molecule has 1 aliphatic heterocycles. The number of guanidine groups is 1. The normalized spacial score (nSPS) is 17.1. The Labute approximate surface area is 118 Å². The van der Waals surface area contributed by atoms with Crippen LogP contribution < -0.4 is 5.73 Å². The van der Waals surface area contributed by atoms with Gasteiger partial charge in [0.1, 0.15) is 11.6 Å². The fourth-order valence-electron chi connectivity index (χ4n) is 2.45. The zero-order valence-electron chi connectivity index (χ0n) is 11.6. The van der Waals surface area contributed by atoms with Crippen molar-refractivity contribution in [3.8, 4) is 0 Å². The Balaban J connectivity index is 1.91. The summed E-state index contributed by atoms with van der Waals surface area (Å²) < 4.78 is 26.9. The molecule has 110 valence electrons. The Morgan fingerprint density at radius 2 is 1.70 bits per heavy atom. The molecule has 1 aliphatic rings. The maximum Gasteiger partial charge on any atom is 0.191 e. The largest absolute Gasteiger partial charge is 0.370 e. The molecule has 1 saturated heterocycles. The van der Waals surface area contributed by atoms with Crippen molar-refractivity contribution in [2.45, 2.75) is 32.1 Å². The van der Waals surface area contributed by atoms with Gasteiger partial charge in [-0.3, -0.25) is 4.99 Å². The van der Waals surface area contributed by atoms with Gasteiger partial charge in [-0.2, -0.15) is 0 Å². The lowest BCUT2D eigenvalue weighted by Gasteiger charge is -2.21. The van der Waals surface area contributed by atoms with Crippen molar-refractivity contribution in [1.29, 1.82) is 0 Å². The summed E-state index contributed by atoms with van der Waals surface area (Å²) in [6.45, 7) is 2.15. The van der Waals surface area contributed by atoms with Gasteiger partial charge in [-0.25, -0.2) is 8.78 Å². The minimum atomic E-state index is -0.520. The molecule has 2 rings (SSSR count). The number of hydrogen-bond acceptors (Lipinski definition) is 1. The van der Waals surface area contributed by atoms with Crippen molar-refractivity contribution in [3.63, 3.8) is 0 Å². The Kier molecular flexibility index (Phi) is 5.32. The molecule has 0 saturated carbocycles. The van der Waals surface area contributed by atoms with Gasteiger partial charge in [0.05, 0.1) is 0 Å². The van der Waals surface area contributed by atoms with Gasteiger partial charge in [0.25, 0.3) is 0 Å². The number of aliphatic imine (C=N–C) groups is 1. The van der Waals surface area contributed by atoms with Crippen LogP contribution in [0.15, 0.2) is 23.2 Å². The summed E-state index contributed by atoms with van der Waals surface area (Å²) in [5, 5.41) is 0. The van der Waals surface area contributed by atoms with Gasteiger partial charge in [0.15, 0.2) is 5.96 Å². The Bertz CT molecular complexity index is 446. The highest BCUT2D eigenvalue weighted by Crippen LogP contribution is 2.13. The first-order chi connectivity index (χ1) is 9.68. The summed E-state index contributed by atoms with van der Waals surface area (Å²) in [5.74, 6) is -0.550. The summed E-state index contributed by atoms with van der Waals surface area (Å²) in [6, 6.07) is 3.89. The minimum Gasteiger partial charge on any atom is -0.370 e. The predicted octanol–water partition coefficient (Wildman–Crippen LogP) is 2.70. The SMILES string of the molecule is NC(=NCCc1c(F)cccc1F)N1CCCCCC1. The van der Waals surface area contributed by atoms with Gasteiger partial charge >= 0.3 is 0 Å². The molecule has 1 aromatic rings. The van der Waals surface area contributed by atoms with Gasteiger partial charge in [0, 0.05) is 25.2 Å². The minimum absolute atomic E-state index is 0.0833. The lowest BCUT2D eigenvalue weighted by Crippen LogP contribution is -2.38. The van der Waals surface area contributed by atoms with Crippen molar-refractivity contribution in [3.05, 3.63) is 35.4 Å². The van der Waals surface area contributed by atoms with Crippen LogP contribution in [0.25, 0.3) is 0 Å². The molecule has 3 nitrogen and oxygen atoms in total. The monoisotopic (exact) mass is 281 g/mol. The molecular weight excluding hydrogens is 260 g/mol. The van der Waals surface area contributed by atoms with E-state index in [2.05, 4.69) is 9.89 Å². The van der Waals surface area contributed by atoms with E-state index in [4.69, 9.17) is 5.73 Å². The molecule has 0 radical (unpaired) electrons. The van der Waals surface area contributed by atoms with Gasteiger partial charge in [-0.15, -0.1) is 0 Å². The van der Waals surface area contributed by atoms with E-state index in [1.807, 2.05) is 0 Å². The van der Waals surface area contributed by atoms with Crippen LogP contribution in [0.4, 0.5) is 8.78 Å². The molecule has 20 heavy (non-hydrogen) atoms. The average Bonchev–Trinajstić information content (AvgIpc) is 2.71. The number of nitrogens with zero attached hydrogens (tertiary/aromatic N) is 2. The van der Waals surface area contributed by atoms with E-state index in [1.165, 1.54) is 31.0 Å². The first-order valence-electron chi connectivity index (χ1n) is 7.16. The Morgan fingerprint density at radius 3 is 2.30 bits per heavy atom. The number of rotatable bonds is 3. The zero-order chi connectivity index (χ0) is 14.4. The van der Waals surface area contributed by atoms with Crippen molar-refractivity contribution < 1.29 is 8.78 Å². The number of nitrogens with two attached hydrogens (primary N) is 1.